The Bertz CT molecular complexity index is 346. The smallest absolute Gasteiger partial charge is 0.0494 e. The van der Waals surface area contributed by atoms with E-state index in [0.717, 1.165) is 17.6 Å². The van der Waals surface area contributed by atoms with Gasteiger partial charge in [-0.2, -0.15) is 0 Å². The Morgan fingerprint density at radius 3 is 2.22 bits per heavy atom. The van der Waals surface area contributed by atoms with E-state index < -0.39 is 0 Å². The minimum atomic E-state index is 0.581. The van der Waals surface area contributed by atoms with Crippen LogP contribution in [0.15, 0.2) is 22.7 Å². The largest absolute Gasteiger partial charge is 0.371 e. The van der Waals surface area contributed by atoms with Crippen LogP contribution in [0.4, 0.5) is 5.69 Å². The molecule has 0 heterocycles. The number of alkyl halides is 1. The van der Waals surface area contributed by atoms with E-state index in [0.29, 0.717) is 5.88 Å². The monoisotopic (exact) mass is 331 g/mol. The number of nitrogens with zero attached hydrogens (tertiary/aromatic N) is 1. The van der Waals surface area contributed by atoms with Crippen molar-refractivity contribution >= 4 is 33.2 Å². The van der Waals surface area contributed by atoms with E-state index in [1.165, 1.54) is 36.9 Å². The molecule has 3 heteroatoms. The molecule has 0 atom stereocenters. The summed E-state index contributed by atoms with van der Waals surface area (Å²) >= 11 is 9.61. The molecule has 0 aromatic heterocycles. The fraction of sp³-hybridized carbons (Fsp3) is 0.600. The topological polar surface area (TPSA) is 3.24 Å². The van der Waals surface area contributed by atoms with Crippen LogP contribution in [0.3, 0.4) is 0 Å². The van der Waals surface area contributed by atoms with Crippen LogP contribution in [0.1, 0.15) is 45.1 Å². The lowest BCUT2D eigenvalue weighted by atomic mass is 10.1. The second-order valence-electron chi connectivity index (χ2n) is 4.60. The van der Waals surface area contributed by atoms with Gasteiger partial charge >= 0.3 is 0 Å². The molecule has 0 saturated carbocycles. The van der Waals surface area contributed by atoms with Gasteiger partial charge in [-0.05, 0) is 30.5 Å². The van der Waals surface area contributed by atoms with Gasteiger partial charge in [0, 0.05) is 29.1 Å². The van der Waals surface area contributed by atoms with Crippen molar-refractivity contribution in [3.63, 3.8) is 0 Å². The minimum Gasteiger partial charge on any atom is -0.371 e. The van der Waals surface area contributed by atoms with Crippen molar-refractivity contribution in [2.45, 2.75) is 45.4 Å². The van der Waals surface area contributed by atoms with E-state index in [1.807, 2.05) is 0 Å². The maximum atomic E-state index is 6.05. The number of rotatable bonds is 8. The van der Waals surface area contributed by atoms with Crippen LogP contribution in [0, 0.1) is 0 Å². The first-order valence-corrected chi connectivity index (χ1v) is 8.15. The average molecular weight is 333 g/mol. The number of unbranched alkanes of at least 4 members (excludes halogenated alkanes) is 2. The maximum absolute atomic E-state index is 6.05. The Morgan fingerprint density at radius 2 is 1.72 bits per heavy atom. The molecule has 1 rings (SSSR count). The van der Waals surface area contributed by atoms with Gasteiger partial charge in [0.25, 0.3) is 0 Å². The molecular weight excluding hydrogens is 310 g/mol. The van der Waals surface area contributed by atoms with E-state index >= 15 is 0 Å². The van der Waals surface area contributed by atoms with Crippen LogP contribution in [0.25, 0.3) is 0 Å². The summed E-state index contributed by atoms with van der Waals surface area (Å²) in [7, 11) is 0. The van der Waals surface area contributed by atoms with Crippen molar-refractivity contribution in [1.29, 1.82) is 0 Å². The lowest BCUT2D eigenvalue weighted by Crippen LogP contribution is -2.26. The van der Waals surface area contributed by atoms with E-state index in [4.69, 9.17) is 11.6 Å². The third kappa shape index (κ3) is 4.81. The Balaban J connectivity index is 2.90. The van der Waals surface area contributed by atoms with Gasteiger partial charge in [0.1, 0.15) is 0 Å². The maximum Gasteiger partial charge on any atom is 0.0494 e. The van der Waals surface area contributed by atoms with Crippen LogP contribution < -0.4 is 4.90 Å². The first-order chi connectivity index (χ1) is 8.72. The summed E-state index contributed by atoms with van der Waals surface area (Å²) < 4.78 is 1.13. The Labute approximate surface area is 125 Å². The van der Waals surface area contributed by atoms with Gasteiger partial charge < -0.3 is 4.90 Å². The summed E-state index contributed by atoms with van der Waals surface area (Å²) in [6, 6.07) is 6.39. The van der Waals surface area contributed by atoms with Crippen molar-refractivity contribution in [3.05, 3.63) is 28.2 Å². The summed E-state index contributed by atoms with van der Waals surface area (Å²) in [6.45, 7) is 6.72. The lowest BCUT2D eigenvalue weighted by molar-refractivity contribution is 0.676. The molecule has 1 aromatic carbocycles. The standard InChI is InChI=1S/C15H23BrClN/c1-3-5-9-18(10-6-4-2)15-11-14(16)8-7-13(15)12-17/h7-8,11H,3-6,9-10,12H2,1-2H3. The summed E-state index contributed by atoms with van der Waals surface area (Å²) in [5, 5.41) is 0. The highest BCUT2D eigenvalue weighted by molar-refractivity contribution is 9.10. The highest BCUT2D eigenvalue weighted by Crippen LogP contribution is 2.27. The molecule has 0 aliphatic rings. The second-order valence-corrected chi connectivity index (χ2v) is 5.78. The highest BCUT2D eigenvalue weighted by atomic mass is 79.9. The van der Waals surface area contributed by atoms with Gasteiger partial charge in [0.2, 0.25) is 0 Å². The molecule has 1 nitrogen and oxygen atoms in total. The number of hydrogen-bond acceptors (Lipinski definition) is 1. The Hall–Kier alpha value is -0.210. The van der Waals surface area contributed by atoms with E-state index in [-0.39, 0.29) is 0 Å². The van der Waals surface area contributed by atoms with Crippen LogP contribution in [0.2, 0.25) is 0 Å². The fourth-order valence-corrected chi connectivity index (χ4v) is 2.57. The van der Waals surface area contributed by atoms with Crippen molar-refractivity contribution in [3.8, 4) is 0 Å². The molecule has 1 aromatic rings. The van der Waals surface area contributed by atoms with Gasteiger partial charge in [-0.1, -0.05) is 48.7 Å². The summed E-state index contributed by atoms with van der Waals surface area (Å²) in [5.41, 5.74) is 2.52. The lowest BCUT2D eigenvalue weighted by Gasteiger charge is -2.27. The number of hydrogen-bond donors (Lipinski definition) is 0. The first-order valence-electron chi connectivity index (χ1n) is 6.82. The molecule has 0 unspecified atom stereocenters. The molecular formula is C15H23BrClN. The van der Waals surface area contributed by atoms with Gasteiger partial charge in [0.05, 0.1) is 0 Å². The van der Waals surface area contributed by atoms with Crippen molar-refractivity contribution < 1.29 is 0 Å². The van der Waals surface area contributed by atoms with Crippen molar-refractivity contribution in [2.75, 3.05) is 18.0 Å². The van der Waals surface area contributed by atoms with Crippen LogP contribution in [0.5, 0.6) is 0 Å². The molecule has 0 bridgehead atoms. The third-order valence-corrected chi connectivity index (χ3v) is 3.88. The number of halogens is 2. The van der Waals surface area contributed by atoms with Crippen LogP contribution in [-0.2, 0) is 5.88 Å². The zero-order valence-electron chi connectivity index (χ0n) is 11.4. The van der Waals surface area contributed by atoms with Gasteiger partial charge in [0.15, 0.2) is 0 Å². The van der Waals surface area contributed by atoms with Gasteiger partial charge in [-0.25, -0.2) is 0 Å². The fourth-order valence-electron chi connectivity index (χ4n) is 2.00. The minimum absolute atomic E-state index is 0.581. The second kappa shape index (κ2) is 8.82. The van der Waals surface area contributed by atoms with Crippen LogP contribution >= 0.6 is 27.5 Å². The predicted molar refractivity (Wildman–Crippen MR) is 85.7 cm³/mol. The molecule has 0 spiro atoms. The van der Waals surface area contributed by atoms with Crippen LogP contribution in [-0.4, -0.2) is 13.1 Å². The van der Waals surface area contributed by atoms with Crippen molar-refractivity contribution in [1.82, 2.24) is 0 Å². The molecule has 18 heavy (non-hydrogen) atoms. The van der Waals surface area contributed by atoms with Gasteiger partial charge in [-0.3, -0.25) is 0 Å². The number of anilines is 1. The summed E-state index contributed by atoms with van der Waals surface area (Å²) in [6.07, 6.45) is 4.93. The molecule has 0 saturated heterocycles. The Morgan fingerprint density at radius 1 is 1.11 bits per heavy atom. The normalized spacial score (nSPS) is 10.7. The molecule has 0 fully saturated rings. The van der Waals surface area contributed by atoms with Gasteiger partial charge in [-0.15, -0.1) is 11.6 Å². The molecule has 0 aliphatic carbocycles. The summed E-state index contributed by atoms with van der Waals surface area (Å²) in [5.74, 6) is 0.581. The summed E-state index contributed by atoms with van der Waals surface area (Å²) in [4.78, 5) is 2.48. The number of benzene rings is 1. The molecule has 102 valence electrons. The van der Waals surface area contributed by atoms with E-state index in [2.05, 4.69) is 52.9 Å². The van der Waals surface area contributed by atoms with E-state index in [1.54, 1.807) is 0 Å². The molecule has 0 aliphatic heterocycles. The zero-order valence-corrected chi connectivity index (χ0v) is 13.7. The molecule has 0 radical (unpaired) electrons. The SMILES string of the molecule is CCCCN(CCCC)c1cc(Br)ccc1CCl. The molecule has 0 N–H and O–H groups in total. The third-order valence-electron chi connectivity index (χ3n) is 3.10. The van der Waals surface area contributed by atoms with E-state index in [9.17, 15) is 0 Å². The Kier molecular flexibility index (Phi) is 7.76. The predicted octanol–water partition coefficient (Wildman–Crippen LogP) is 5.59. The first kappa shape index (κ1) is 15.8. The van der Waals surface area contributed by atoms with Crippen molar-refractivity contribution in [2.24, 2.45) is 0 Å². The average Bonchev–Trinajstić information content (AvgIpc) is 2.39. The quantitative estimate of drug-likeness (QED) is 0.560. The zero-order chi connectivity index (χ0) is 13.4. The highest BCUT2D eigenvalue weighted by Gasteiger charge is 2.10. The molecule has 0 amide bonds.